The minimum Gasteiger partial charge on any atom is -0.369 e. The van der Waals surface area contributed by atoms with E-state index in [-0.39, 0.29) is 11.3 Å². The molecular formula is C18H21NO. The quantitative estimate of drug-likeness (QED) is 0.877. The molecule has 0 radical (unpaired) electrons. The summed E-state index contributed by atoms with van der Waals surface area (Å²) in [6, 6.07) is 6.46. The standard InChI is InChI=1S/C18H21NO/c1-12-10-13-4-2-5-15(14(13)11-12)18(16(19)20)7-3-6-17(18)8-9-17/h2,4-5,11H,3,6-10H2,1H3,(H2,19,20). The summed E-state index contributed by atoms with van der Waals surface area (Å²) in [5, 5.41) is 0. The molecular weight excluding hydrogens is 246 g/mol. The first kappa shape index (κ1) is 12.2. The number of amides is 1. The lowest BCUT2D eigenvalue weighted by atomic mass is 9.67. The molecule has 1 aromatic carbocycles. The number of rotatable bonds is 2. The van der Waals surface area contributed by atoms with Gasteiger partial charge in [-0.25, -0.2) is 0 Å². The molecule has 0 bridgehead atoms. The van der Waals surface area contributed by atoms with Crippen LogP contribution in [0.25, 0.3) is 6.08 Å². The lowest BCUT2D eigenvalue weighted by molar-refractivity contribution is -0.125. The van der Waals surface area contributed by atoms with Gasteiger partial charge in [0.2, 0.25) is 5.91 Å². The average Bonchev–Trinajstić information content (AvgIpc) is 2.92. The van der Waals surface area contributed by atoms with E-state index < -0.39 is 5.41 Å². The third-order valence-electron chi connectivity index (χ3n) is 5.90. The van der Waals surface area contributed by atoms with Crippen molar-refractivity contribution in [2.24, 2.45) is 11.1 Å². The van der Waals surface area contributed by atoms with Crippen LogP contribution in [-0.4, -0.2) is 5.91 Å². The Morgan fingerprint density at radius 2 is 2.00 bits per heavy atom. The molecule has 2 nitrogen and oxygen atoms in total. The highest BCUT2D eigenvalue weighted by molar-refractivity contribution is 5.91. The van der Waals surface area contributed by atoms with Gasteiger partial charge in [-0.3, -0.25) is 4.79 Å². The van der Waals surface area contributed by atoms with Gasteiger partial charge in [-0.05, 0) is 61.1 Å². The zero-order valence-electron chi connectivity index (χ0n) is 12.0. The number of benzene rings is 1. The van der Waals surface area contributed by atoms with E-state index in [1.54, 1.807) is 0 Å². The molecule has 1 unspecified atom stereocenters. The Morgan fingerprint density at radius 1 is 1.20 bits per heavy atom. The molecule has 1 atom stereocenters. The molecule has 3 aliphatic carbocycles. The minimum absolute atomic E-state index is 0.0983. The predicted octanol–water partition coefficient (Wildman–Crippen LogP) is 3.33. The van der Waals surface area contributed by atoms with Crippen molar-refractivity contribution in [1.29, 1.82) is 0 Å². The van der Waals surface area contributed by atoms with E-state index in [1.807, 2.05) is 0 Å². The van der Waals surface area contributed by atoms with Crippen LogP contribution >= 0.6 is 0 Å². The second-order valence-electron chi connectivity index (χ2n) is 6.95. The maximum atomic E-state index is 12.5. The molecule has 1 spiro atoms. The molecule has 4 rings (SSSR count). The fourth-order valence-electron chi connectivity index (χ4n) is 4.84. The van der Waals surface area contributed by atoms with Crippen molar-refractivity contribution >= 4 is 12.0 Å². The van der Waals surface area contributed by atoms with Crippen molar-refractivity contribution in [3.8, 4) is 0 Å². The van der Waals surface area contributed by atoms with E-state index in [9.17, 15) is 4.79 Å². The Morgan fingerprint density at radius 3 is 2.70 bits per heavy atom. The normalized spacial score (nSPS) is 29.4. The molecule has 1 aromatic rings. The van der Waals surface area contributed by atoms with E-state index in [2.05, 4.69) is 31.2 Å². The lowest BCUT2D eigenvalue weighted by Gasteiger charge is -2.35. The first-order chi connectivity index (χ1) is 9.59. The summed E-state index contributed by atoms with van der Waals surface area (Å²) in [4.78, 5) is 12.5. The number of hydrogen-bond acceptors (Lipinski definition) is 1. The van der Waals surface area contributed by atoms with Crippen LogP contribution in [0.3, 0.4) is 0 Å². The van der Waals surface area contributed by atoms with Crippen molar-refractivity contribution in [2.75, 3.05) is 0 Å². The fourth-order valence-corrected chi connectivity index (χ4v) is 4.84. The maximum Gasteiger partial charge on any atom is 0.228 e. The number of nitrogens with two attached hydrogens (primary N) is 1. The van der Waals surface area contributed by atoms with E-state index >= 15 is 0 Å². The SMILES string of the molecule is CC1=Cc2c(cccc2C2(C(N)=O)CCCC23CC3)C1. The maximum absolute atomic E-state index is 12.5. The van der Waals surface area contributed by atoms with E-state index in [0.717, 1.165) is 19.3 Å². The fraction of sp³-hybridized carbons (Fsp3) is 0.500. The van der Waals surface area contributed by atoms with Crippen molar-refractivity contribution in [3.63, 3.8) is 0 Å². The highest BCUT2D eigenvalue weighted by atomic mass is 16.1. The topological polar surface area (TPSA) is 43.1 Å². The molecule has 3 aliphatic rings. The molecule has 1 amide bonds. The summed E-state index contributed by atoms with van der Waals surface area (Å²) in [6.45, 7) is 2.17. The largest absolute Gasteiger partial charge is 0.369 e. The number of fused-ring (bicyclic) bond motifs is 1. The van der Waals surface area contributed by atoms with Crippen LogP contribution in [0, 0.1) is 5.41 Å². The first-order valence-corrected chi connectivity index (χ1v) is 7.69. The van der Waals surface area contributed by atoms with Crippen LogP contribution in [0.5, 0.6) is 0 Å². The van der Waals surface area contributed by atoms with Crippen LogP contribution < -0.4 is 5.73 Å². The van der Waals surface area contributed by atoms with Gasteiger partial charge in [-0.2, -0.15) is 0 Å². The van der Waals surface area contributed by atoms with Crippen molar-refractivity contribution < 1.29 is 4.79 Å². The summed E-state index contributed by atoms with van der Waals surface area (Å²) >= 11 is 0. The average molecular weight is 267 g/mol. The van der Waals surface area contributed by atoms with Gasteiger partial charge in [0, 0.05) is 0 Å². The van der Waals surface area contributed by atoms with E-state index in [1.165, 1.54) is 41.5 Å². The molecule has 0 aliphatic heterocycles. The summed E-state index contributed by atoms with van der Waals surface area (Å²) in [5.74, 6) is -0.0983. The highest BCUT2D eigenvalue weighted by Crippen LogP contribution is 2.68. The monoisotopic (exact) mass is 267 g/mol. The van der Waals surface area contributed by atoms with Crippen LogP contribution in [0.2, 0.25) is 0 Å². The Bertz CT molecular complexity index is 639. The molecule has 2 N–H and O–H groups in total. The van der Waals surface area contributed by atoms with Crippen molar-refractivity contribution in [2.45, 2.75) is 50.9 Å². The van der Waals surface area contributed by atoms with Crippen LogP contribution in [-0.2, 0) is 16.6 Å². The molecule has 20 heavy (non-hydrogen) atoms. The summed E-state index contributed by atoms with van der Waals surface area (Å²) in [6.07, 6.45) is 8.86. The van der Waals surface area contributed by atoms with E-state index in [0.29, 0.717) is 0 Å². The van der Waals surface area contributed by atoms with Gasteiger partial charge in [0.1, 0.15) is 0 Å². The number of primary amides is 1. The summed E-state index contributed by atoms with van der Waals surface area (Å²) < 4.78 is 0. The van der Waals surface area contributed by atoms with Gasteiger partial charge < -0.3 is 5.73 Å². The zero-order chi connectivity index (χ0) is 14.0. The second kappa shape index (κ2) is 3.75. The van der Waals surface area contributed by atoms with Gasteiger partial charge in [-0.15, -0.1) is 0 Å². The lowest BCUT2D eigenvalue weighted by Crippen LogP contribution is -2.46. The molecule has 0 aromatic heterocycles. The summed E-state index contributed by atoms with van der Waals surface area (Å²) in [7, 11) is 0. The second-order valence-corrected chi connectivity index (χ2v) is 6.95. The van der Waals surface area contributed by atoms with Crippen molar-refractivity contribution in [1.82, 2.24) is 0 Å². The predicted molar refractivity (Wildman–Crippen MR) is 80.2 cm³/mol. The molecule has 0 heterocycles. The van der Waals surface area contributed by atoms with Gasteiger partial charge in [0.05, 0.1) is 5.41 Å². The number of carbonyl (C=O) groups is 1. The first-order valence-electron chi connectivity index (χ1n) is 7.69. The van der Waals surface area contributed by atoms with Gasteiger partial charge in [0.15, 0.2) is 0 Å². The van der Waals surface area contributed by atoms with Crippen LogP contribution in [0.1, 0.15) is 55.7 Å². The third-order valence-corrected chi connectivity index (χ3v) is 5.90. The molecule has 104 valence electrons. The minimum atomic E-state index is -0.403. The Hall–Kier alpha value is -1.57. The number of carbonyl (C=O) groups excluding carboxylic acids is 1. The van der Waals surface area contributed by atoms with Gasteiger partial charge in [0.25, 0.3) is 0 Å². The zero-order valence-corrected chi connectivity index (χ0v) is 12.0. The Balaban J connectivity index is 1.96. The van der Waals surface area contributed by atoms with Gasteiger partial charge >= 0.3 is 0 Å². The Kier molecular flexibility index (Phi) is 2.28. The van der Waals surface area contributed by atoms with E-state index in [4.69, 9.17) is 5.73 Å². The molecule has 2 heteroatoms. The van der Waals surface area contributed by atoms with Crippen LogP contribution in [0.4, 0.5) is 0 Å². The van der Waals surface area contributed by atoms with Gasteiger partial charge in [-0.1, -0.05) is 36.3 Å². The highest BCUT2D eigenvalue weighted by Gasteiger charge is 2.65. The number of hydrogen-bond donors (Lipinski definition) is 1. The molecule has 2 saturated carbocycles. The molecule has 2 fully saturated rings. The molecule has 0 saturated heterocycles. The summed E-state index contributed by atoms with van der Waals surface area (Å²) in [5.41, 5.74) is 11.0. The third kappa shape index (κ3) is 1.32. The van der Waals surface area contributed by atoms with Crippen LogP contribution in [0.15, 0.2) is 23.8 Å². The number of allylic oxidation sites excluding steroid dienone is 1. The van der Waals surface area contributed by atoms with Crippen molar-refractivity contribution in [3.05, 3.63) is 40.5 Å². The smallest absolute Gasteiger partial charge is 0.228 e. The Labute approximate surface area is 120 Å².